The first-order valence-corrected chi connectivity index (χ1v) is 6.08. The van der Waals surface area contributed by atoms with Crippen molar-refractivity contribution < 1.29 is 4.79 Å². The van der Waals surface area contributed by atoms with Crippen molar-refractivity contribution in [3.63, 3.8) is 0 Å². The molecule has 0 aliphatic rings. The summed E-state index contributed by atoms with van der Waals surface area (Å²) in [7, 11) is 0. The first kappa shape index (κ1) is 12.3. The van der Waals surface area contributed by atoms with Crippen molar-refractivity contribution in [1.82, 2.24) is 9.97 Å². The molecule has 15 heavy (non-hydrogen) atoms. The number of aromatic nitrogens is 2. The number of nitrogens with one attached hydrogen (secondary N) is 1. The molecule has 4 nitrogen and oxygen atoms in total. The Morgan fingerprint density at radius 3 is 3.00 bits per heavy atom. The lowest BCUT2D eigenvalue weighted by atomic mass is 10.3. The molecule has 0 amide bonds. The van der Waals surface area contributed by atoms with Gasteiger partial charge in [0.1, 0.15) is 17.3 Å². The number of thioether (sulfide) groups is 1. The van der Waals surface area contributed by atoms with Crippen LogP contribution in [0.25, 0.3) is 0 Å². The minimum Gasteiger partial charge on any atom is -0.368 e. The van der Waals surface area contributed by atoms with Crippen molar-refractivity contribution >= 4 is 35.5 Å². The van der Waals surface area contributed by atoms with Gasteiger partial charge in [-0.15, -0.1) is 0 Å². The normalized spacial score (nSPS) is 12.2. The van der Waals surface area contributed by atoms with Crippen LogP contribution in [0.3, 0.4) is 0 Å². The summed E-state index contributed by atoms with van der Waals surface area (Å²) in [6, 6.07) is 0. The van der Waals surface area contributed by atoms with Crippen molar-refractivity contribution in [2.75, 3.05) is 18.1 Å². The summed E-state index contributed by atoms with van der Waals surface area (Å²) in [6.07, 6.45) is 4.02. The monoisotopic (exact) mass is 245 g/mol. The first-order chi connectivity index (χ1) is 7.19. The predicted molar refractivity (Wildman–Crippen MR) is 63.9 cm³/mol. The molecular formula is C9H12ClN3OS. The molecule has 1 rings (SSSR count). The molecule has 0 bridgehead atoms. The third-order valence-corrected chi connectivity index (χ3v) is 3.19. The van der Waals surface area contributed by atoms with Crippen LogP contribution in [0.5, 0.6) is 0 Å². The molecule has 1 N–H and O–H groups in total. The van der Waals surface area contributed by atoms with E-state index >= 15 is 0 Å². The first-order valence-electron chi connectivity index (χ1n) is 4.41. The van der Waals surface area contributed by atoms with Gasteiger partial charge in [0.2, 0.25) is 0 Å². The van der Waals surface area contributed by atoms with Gasteiger partial charge in [-0.05, 0) is 6.26 Å². The second kappa shape index (κ2) is 5.92. The average Bonchev–Trinajstić information content (AvgIpc) is 2.25. The number of carbonyl (C=O) groups is 1. The Morgan fingerprint density at radius 2 is 2.40 bits per heavy atom. The van der Waals surface area contributed by atoms with Crippen LogP contribution in [0.4, 0.5) is 5.82 Å². The van der Waals surface area contributed by atoms with Crippen LogP contribution in [0.1, 0.15) is 17.3 Å². The lowest BCUT2D eigenvalue weighted by Crippen LogP contribution is -2.15. The third-order valence-electron chi connectivity index (χ3n) is 1.91. The van der Waals surface area contributed by atoms with Crippen LogP contribution >= 0.6 is 23.4 Å². The van der Waals surface area contributed by atoms with E-state index in [4.69, 9.17) is 11.6 Å². The lowest BCUT2D eigenvalue weighted by molar-refractivity contribution is 0.112. The largest absolute Gasteiger partial charge is 0.368 e. The maximum absolute atomic E-state index is 10.8. The topological polar surface area (TPSA) is 54.9 Å². The number of aldehydes is 1. The van der Waals surface area contributed by atoms with Crippen LogP contribution in [0.15, 0.2) is 6.33 Å². The van der Waals surface area contributed by atoms with E-state index in [1.165, 1.54) is 6.33 Å². The minimum absolute atomic E-state index is 0.180. The van der Waals surface area contributed by atoms with Gasteiger partial charge in [0.25, 0.3) is 0 Å². The molecule has 0 fully saturated rings. The number of nitrogens with zero attached hydrogens (tertiary/aromatic N) is 2. The van der Waals surface area contributed by atoms with Crippen LogP contribution < -0.4 is 5.32 Å². The van der Waals surface area contributed by atoms with E-state index in [1.54, 1.807) is 11.8 Å². The Balaban J connectivity index is 2.76. The van der Waals surface area contributed by atoms with Crippen LogP contribution in [-0.4, -0.2) is 34.3 Å². The summed E-state index contributed by atoms with van der Waals surface area (Å²) < 4.78 is 0. The number of carbonyl (C=O) groups excluding carboxylic acids is 1. The molecular weight excluding hydrogens is 234 g/mol. The second-order valence-corrected chi connectivity index (χ2v) is 4.61. The van der Waals surface area contributed by atoms with Gasteiger partial charge in [0.05, 0.1) is 5.56 Å². The summed E-state index contributed by atoms with van der Waals surface area (Å²) in [5, 5.41) is 3.69. The summed E-state index contributed by atoms with van der Waals surface area (Å²) in [6.45, 7) is 2.82. The molecule has 0 saturated heterocycles. The minimum atomic E-state index is 0.180. The van der Waals surface area contributed by atoms with Gasteiger partial charge < -0.3 is 5.32 Å². The Kier molecular flexibility index (Phi) is 4.84. The maximum Gasteiger partial charge on any atom is 0.156 e. The van der Waals surface area contributed by atoms with Gasteiger partial charge in [-0.1, -0.05) is 18.5 Å². The van der Waals surface area contributed by atoms with E-state index in [0.717, 1.165) is 6.54 Å². The Bertz CT molecular complexity index is 348. The highest BCUT2D eigenvalue weighted by Crippen LogP contribution is 2.17. The highest BCUT2D eigenvalue weighted by Gasteiger charge is 2.09. The standard InChI is InChI=1S/C9H12ClN3OS/c1-6(15-2)3-11-9-7(4-14)8(10)12-5-13-9/h4-6H,3H2,1-2H3,(H,11,12,13). The molecule has 0 aliphatic carbocycles. The molecule has 0 radical (unpaired) electrons. The molecule has 1 atom stereocenters. The van der Waals surface area contributed by atoms with Gasteiger partial charge in [-0.2, -0.15) is 11.8 Å². The molecule has 1 heterocycles. The van der Waals surface area contributed by atoms with E-state index < -0.39 is 0 Å². The fourth-order valence-corrected chi connectivity index (χ4v) is 1.37. The van der Waals surface area contributed by atoms with Gasteiger partial charge in [-0.25, -0.2) is 9.97 Å². The molecule has 0 spiro atoms. The second-order valence-electron chi connectivity index (χ2n) is 2.97. The van der Waals surface area contributed by atoms with Crippen LogP contribution in [-0.2, 0) is 0 Å². The van der Waals surface area contributed by atoms with Crippen molar-refractivity contribution in [1.29, 1.82) is 0 Å². The SMILES string of the molecule is CSC(C)CNc1ncnc(Cl)c1C=O. The third kappa shape index (κ3) is 3.35. The average molecular weight is 246 g/mol. The highest BCUT2D eigenvalue weighted by atomic mass is 35.5. The molecule has 82 valence electrons. The quantitative estimate of drug-likeness (QED) is 0.636. The number of hydrogen-bond donors (Lipinski definition) is 1. The van der Waals surface area contributed by atoms with Crippen LogP contribution in [0.2, 0.25) is 5.15 Å². The van der Waals surface area contributed by atoms with Crippen LogP contribution in [0, 0.1) is 0 Å². The molecule has 0 saturated carbocycles. The fourth-order valence-electron chi connectivity index (χ4n) is 0.943. The van der Waals surface area contributed by atoms with Crippen molar-refractivity contribution in [3.05, 3.63) is 17.0 Å². The van der Waals surface area contributed by atoms with Gasteiger partial charge in [-0.3, -0.25) is 4.79 Å². The predicted octanol–water partition coefficient (Wildman–Crippen LogP) is 2.11. The van der Waals surface area contributed by atoms with E-state index in [0.29, 0.717) is 22.9 Å². The zero-order valence-corrected chi connectivity index (χ0v) is 10.1. The number of hydrogen-bond acceptors (Lipinski definition) is 5. The van der Waals surface area contributed by atoms with Gasteiger partial charge >= 0.3 is 0 Å². The molecule has 0 aliphatic heterocycles. The van der Waals surface area contributed by atoms with E-state index in [-0.39, 0.29) is 5.15 Å². The summed E-state index contributed by atoms with van der Waals surface area (Å²) >= 11 is 7.49. The number of halogens is 1. The van der Waals surface area contributed by atoms with Crippen molar-refractivity contribution in [2.24, 2.45) is 0 Å². The summed E-state index contributed by atoms with van der Waals surface area (Å²) in [5.41, 5.74) is 0.312. The Hall–Kier alpha value is -0.810. The molecule has 1 aromatic rings. The zero-order valence-electron chi connectivity index (χ0n) is 8.53. The van der Waals surface area contributed by atoms with E-state index in [2.05, 4.69) is 22.2 Å². The van der Waals surface area contributed by atoms with Gasteiger partial charge in [0, 0.05) is 11.8 Å². The molecule has 6 heteroatoms. The highest BCUT2D eigenvalue weighted by molar-refractivity contribution is 7.99. The smallest absolute Gasteiger partial charge is 0.156 e. The maximum atomic E-state index is 10.8. The Labute approximate surface area is 97.8 Å². The molecule has 0 aromatic carbocycles. The molecule has 1 aromatic heterocycles. The summed E-state index contributed by atoms with van der Waals surface area (Å²) in [5.74, 6) is 0.492. The fraction of sp³-hybridized carbons (Fsp3) is 0.444. The Morgan fingerprint density at radius 1 is 1.67 bits per heavy atom. The lowest BCUT2D eigenvalue weighted by Gasteiger charge is -2.11. The summed E-state index contributed by atoms with van der Waals surface area (Å²) in [4.78, 5) is 18.5. The van der Waals surface area contributed by atoms with E-state index in [9.17, 15) is 4.79 Å². The number of rotatable bonds is 5. The zero-order chi connectivity index (χ0) is 11.3. The van der Waals surface area contributed by atoms with E-state index in [1.807, 2.05) is 6.26 Å². The number of anilines is 1. The molecule has 1 unspecified atom stereocenters. The van der Waals surface area contributed by atoms with Gasteiger partial charge in [0.15, 0.2) is 6.29 Å². The van der Waals surface area contributed by atoms with Crippen molar-refractivity contribution in [3.8, 4) is 0 Å². The van der Waals surface area contributed by atoms with Crippen molar-refractivity contribution in [2.45, 2.75) is 12.2 Å².